The molecule has 2 aromatic carbocycles. The van der Waals surface area contributed by atoms with E-state index in [0.29, 0.717) is 38.7 Å². The van der Waals surface area contributed by atoms with Gasteiger partial charge in [0.05, 0.1) is 17.2 Å². The Labute approximate surface area is 220 Å². The van der Waals surface area contributed by atoms with Crippen LogP contribution in [0.5, 0.6) is 0 Å². The second-order valence-corrected chi connectivity index (χ2v) is 10.1. The second kappa shape index (κ2) is 9.90. The fourth-order valence-electron chi connectivity index (χ4n) is 5.05. The van der Waals surface area contributed by atoms with E-state index in [1.165, 1.54) is 0 Å². The molecular weight excluding hydrogens is 488 g/mol. The van der Waals surface area contributed by atoms with Gasteiger partial charge >= 0.3 is 0 Å². The number of H-pyrrole nitrogens is 1. The molecule has 0 aliphatic carbocycles. The van der Waals surface area contributed by atoms with Crippen molar-refractivity contribution >= 4 is 46.7 Å². The molecule has 7 nitrogen and oxygen atoms in total. The molecule has 0 saturated carbocycles. The number of hydrogen-bond acceptors (Lipinski definition) is 3. The smallest absolute Gasteiger partial charge is 0.256 e. The van der Waals surface area contributed by atoms with E-state index in [4.69, 9.17) is 11.6 Å². The fourth-order valence-corrected chi connectivity index (χ4v) is 5.18. The van der Waals surface area contributed by atoms with Gasteiger partial charge in [-0.25, -0.2) is 0 Å². The first-order chi connectivity index (χ1) is 17.7. The molecule has 0 bridgehead atoms. The zero-order valence-electron chi connectivity index (χ0n) is 21.1. The molecule has 1 fully saturated rings. The van der Waals surface area contributed by atoms with Gasteiger partial charge in [0, 0.05) is 46.3 Å². The third kappa shape index (κ3) is 4.79. The van der Waals surface area contributed by atoms with Crippen LogP contribution in [0.2, 0.25) is 5.02 Å². The molecule has 1 atom stereocenters. The third-order valence-corrected chi connectivity index (χ3v) is 7.41. The Kier molecular flexibility index (Phi) is 6.65. The van der Waals surface area contributed by atoms with Gasteiger partial charge in [0.2, 0.25) is 0 Å². The number of carbonyl (C=O) groups is 3. The molecule has 5 rings (SSSR count). The van der Waals surface area contributed by atoms with Crippen LogP contribution in [0.15, 0.2) is 42.5 Å². The number of aryl methyl sites for hydroxylation is 1. The number of fused-ring (bicyclic) bond motifs is 1. The van der Waals surface area contributed by atoms with Crippen molar-refractivity contribution in [3.8, 4) is 0 Å². The van der Waals surface area contributed by atoms with Crippen molar-refractivity contribution in [1.29, 1.82) is 0 Å². The van der Waals surface area contributed by atoms with Gasteiger partial charge in [-0.1, -0.05) is 23.7 Å². The first kappa shape index (κ1) is 24.8. The van der Waals surface area contributed by atoms with Gasteiger partial charge in [-0.05, 0) is 81.1 Å². The zero-order chi connectivity index (χ0) is 26.3. The van der Waals surface area contributed by atoms with E-state index in [0.717, 1.165) is 42.8 Å². The van der Waals surface area contributed by atoms with Gasteiger partial charge in [-0.2, -0.15) is 0 Å². The van der Waals surface area contributed by atoms with Crippen LogP contribution in [0.1, 0.15) is 74.6 Å². The standard InChI is InChI=1S/C29H29ClN4O3/c1-16-25(31-18(3)26(16)29(37)34-12-4-5-13-34)15-23-22-14-20(8-11-24(22)33-28(23)36)27(35)32-17(2)19-6-9-21(30)10-7-19/h6-11,14-15,17,31H,4-5,12-13H2,1-3H3,(H,32,35)(H,33,36)/b23-15-/t17-/m1/s1. The van der Waals surface area contributed by atoms with Crippen LogP contribution >= 0.6 is 11.6 Å². The molecule has 190 valence electrons. The second-order valence-electron chi connectivity index (χ2n) is 9.68. The maximum absolute atomic E-state index is 13.1. The van der Waals surface area contributed by atoms with Crippen molar-refractivity contribution in [1.82, 2.24) is 15.2 Å². The first-order valence-corrected chi connectivity index (χ1v) is 12.8. The topological polar surface area (TPSA) is 94.3 Å². The highest BCUT2D eigenvalue weighted by molar-refractivity contribution is 6.35. The number of nitrogens with zero attached hydrogens (tertiary/aromatic N) is 1. The molecule has 8 heteroatoms. The maximum Gasteiger partial charge on any atom is 0.256 e. The molecule has 3 heterocycles. The highest BCUT2D eigenvalue weighted by Gasteiger charge is 2.28. The lowest BCUT2D eigenvalue weighted by molar-refractivity contribution is -0.110. The molecule has 1 aromatic heterocycles. The Morgan fingerprint density at radius 2 is 1.78 bits per heavy atom. The number of rotatable bonds is 5. The van der Waals surface area contributed by atoms with E-state index in [1.54, 1.807) is 36.4 Å². The van der Waals surface area contributed by atoms with Gasteiger partial charge in [0.1, 0.15) is 0 Å². The molecule has 3 N–H and O–H groups in total. The lowest BCUT2D eigenvalue weighted by Gasteiger charge is -2.15. The fraction of sp³-hybridized carbons (Fsp3) is 0.276. The molecule has 2 aliphatic rings. The highest BCUT2D eigenvalue weighted by Crippen LogP contribution is 2.35. The summed E-state index contributed by atoms with van der Waals surface area (Å²) >= 11 is 5.97. The Morgan fingerprint density at radius 1 is 1.08 bits per heavy atom. The van der Waals surface area contributed by atoms with Crippen LogP contribution < -0.4 is 10.6 Å². The van der Waals surface area contributed by atoms with Gasteiger partial charge in [0.25, 0.3) is 17.7 Å². The minimum Gasteiger partial charge on any atom is -0.358 e. The Balaban J connectivity index is 1.42. The molecule has 2 aliphatic heterocycles. The van der Waals surface area contributed by atoms with Crippen molar-refractivity contribution < 1.29 is 14.4 Å². The molecule has 1 saturated heterocycles. The summed E-state index contributed by atoms with van der Waals surface area (Å²) < 4.78 is 0. The van der Waals surface area contributed by atoms with Crippen molar-refractivity contribution in [3.63, 3.8) is 0 Å². The Morgan fingerprint density at radius 3 is 2.49 bits per heavy atom. The molecule has 0 spiro atoms. The largest absolute Gasteiger partial charge is 0.358 e. The number of nitrogens with one attached hydrogen (secondary N) is 3. The minimum atomic E-state index is -0.249. The van der Waals surface area contributed by atoms with Gasteiger partial charge in [-0.3, -0.25) is 14.4 Å². The van der Waals surface area contributed by atoms with E-state index < -0.39 is 0 Å². The van der Waals surface area contributed by atoms with E-state index in [1.807, 2.05) is 37.8 Å². The lowest BCUT2D eigenvalue weighted by atomic mass is 10.0. The minimum absolute atomic E-state index is 0.0263. The summed E-state index contributed by atoms with van der Waals surface area (Å²) in [5, 5.41) is 6.51. The number of carbonyl (C=O) groups excluding carboxylic acids is 3. The predicted octanol–water partition coefficient (Wildman–Crippen LogP) is 5.50. The summed E-state index contributed by atoms with van der Waals surface area (Å²) in [6, 6.07) is 12.3. The summed E-state index contributed by atoms with van der Waals surface area (Å²) in [6.45, 7) is 7.23. The maximum atomic E-state index is 13.1. The number of aromatic amines is 1. The van der Waals surface area contributed by atoms with Crippen LogP contribution in [0, 0.1) is 13.8 Å². The average Bonchev–Trinajstić information content (AvgIpc) is 3.58. The number of likely N-dealkylation sites (tertiary alicyclic amines) is 1. The first-order valence-electron chi connectivity index (χ1n) is 12.4. The van der Waals surface area contributed by atoms with Crippen LogP contribution in [0.25, 0.3) is 11.6 Å². The summed E-state index contributed by atoms with van der Waals surface area (Å²) in [6.07, 6.45) is 3.81. The van der Waals surface area contributed by atoms with Crippen molar-refractivity contribution in [2.75, 3.05) is 18.4 Å². The zero-order valence-corrected chi connectivity index (χ0v) is 21.8. The number of halogens is 1. The van der Waals surface area contributed by atoms with Gasteiger partial charge in [0.15, 0.2) is 0 Å². The number of amides is 3. The SMILES string of the molecule is Cc1[nH]c(/C=C2\C(=O)Nc3ccc(C(=O)N[C@H](C)c4ccc(Cl)cc4)cc32)c(C)c1C(=O)N1CCCC1. The summed E-state index contributed by atoms with van der Waals surface area (Å²) in [7, 11) is 0. The van der Waals surface area contributed by atoms with E-state index in [-0.39, 0.29) is 23.8 Å². The van der Waals surface area contributed by atoms with Crippen LogP contribution in [-0.4, -0.2) is 40.7 Å². The molecule has 37 heavy (non-hydrogen) atoms. The van der Waals surface area contributed by atoms with Crippen molar-refractivity contribution in [3.05, 3.63) is 86.7 Å². The van der Waals surface area contributed by atoms with Crippen LogP contribution in [-0.2, 0) is 4.79 Å². The van der Waals surface area contributed by atoms with Crippen molar-refractivity contribution in [2.24, 2.45) is 0 Å². The monoisotopic (exact) mass is 516 g/mol. The third-order valence-electron chi connectivity index (χ3n) is 7.15. The molecule has 3 aromatic rings. The molecule has 3 amide bonds. The van der Waals surface area contributed by atoms with Gasteiger partial charge < -0.3 is 20.5 Å². The van der Waals surface area contributed by atoms with E-state index in [2.05, 4.69) is 15.6 Å². The molecular formula is C29H29ClN4O3. The molecule has 0 unspecified atom stereocenters. The number of hydrogen-bond donors (Lipinski definition) is 3. The summed E-state index contributed by atoms with van der Waals surface area (Å²) in [5.41, 5.74) is 6.10. The normalized spacial score (nSPS) is 16.6. The van der Waals surface area contributed by atoms with Gasteiger partial charge in [-0.15, -0.1) is 0 Å². The summed E-state index contributed by atoms with van der Waals surface area (Å²) in [4.78, 5) is 44.2. The summed E-state index contributed by atoms with van der Waals surface area (Å²) in [5.74, 6) is -0.464. The Bertz CT molecular complexity index is 1430. The quantitative estimate of drug-likeness (QED) is 0.390. The lowest BCUT2D eigenvalue weighted by Crippen LogP contribution is -2.28. The number of aromatic nitrogens is 1. The number of benzene rings is 2. The molecule has 0 radical (unpaired) electrons. The Hall–Kier alpha value is -3.84. The average molecular weight is 517 g/mol. The van der Waals surface area contributed by atoms with Crippen molar-refractivity contribution in [2.45, 2.75) is 39.7 Å². The highest BCUT2D eigenvalue weighted by atomic mass is 35.5. The number of anilines is 1. The van der Waals surface area contributed by atoms with E-state index in [9.17, 15) is 14.4 Å². The van der Waals surface area contributed by atoms with E-state index >= 15 is 0 Å². The van der Waals surface area contributed by atoms with Crippen LogP contribution in [0.4, 0.5) is 5.69 Å². The predicted molar refractivity (Wildman–Crippen MR) is 146 cm³/mol. The van der Waals surface area contributed by atoms with Crippen LogP contribution in [0.3, 0.4) is 0 Å².